The lowest BCUT2D eigenvalue weighted by Crippen LogP contribution is -2.34. The van der Waals surface area contributed by atoms with Crippen molar-refractivity contribution < 1.29 is 8.42 Å². The first-order valence-electron chi connectivity index (χ1n) is 7.33. The predicted octanol–water partition coefficient (Wildman–Crippen LogP) is 1.44. The number of nitrogens with one attached hydrogen (secondary N) is 1. The molecule has 5 nitrogen and oxygen atoms in total. The number of hydrogen-bond acceptors (Lipinski definition) is 4. The van der Waals surface area contributed by atoms with E-state index in [2.05, 4.69) is 38.8 Å². The van der Waals surface area contributed by atoms with Crippen molar-refractivity contribution in [3.05, 3.63) is 29.8 Å². The highest BCUT2D eigenvalue weighted by Gasteiger charge is 2.25. The Labute approximate surface area is 128 Å². The van der Waals surface area contributed by atoms with Crippen LogP contribution in [0.5, 0.6) is 0 Å². The topological polar surface area (TPSA) is 52.6 Å². The molecule has 1 aromatic carbocycles. The molecule has 0 aromatic heterocycles. The number of benzene rings is 1. The molecule has 2 rings (SSSR count). The van der Waals surface area contributed by atoms with Crippen molar-refractivity contribution >= 4 is 15.7 Å². The van der Waals surface area contributed by atoms with Crippen LogP contribution in [0.3, 0.4) is 0 Å². The minimum Gasteiger partial charge on any atom is -0.378 e. The Bertz CT molecular complexity index is 572. The smallest absolute Gasteiger partial charge is 0.208 e. The molecule has 0 radical (unpaired) electrons. The van der Waals surface area contributed by atoms with Crippen LogP contribution in [0.1, 0.15) is 24.4 Å². The van der Waals surface area contributed by atoms with E-state index in [1.165, 1.54) is 17.5 Å². The third kappa shape index (κ3) is 4.69. The summed E-state index contributed by atoms with van der Waals surface area (Å²) in [5.74, 6) is 0. The number of rotatable bonds is 6. The van der Waals surface area contributed by atoms with Crippen LogP contribution < -0.4 is 9.62 Å². The molecule has 1 aliphatic rings. The molecule has 0 aliphatic carbocycles. The average molecular weight is 311 g/mol. The Kier molecular flexibility index (Phi) is 5.24. The molecule has 0 saturated carbocycles. The van der Waals surface area contributed by atoms with Crippen LogP contribution in [-0.2, 0) is 10.0 Å². The summed E-state index contributed by atoms with van der Waals surface area (Å²) in [4.78, 5) is 4.47. The van der Waals surface area contributed by atoms with E-state index in [-0.39, 0.29) is 0 Å². The van der Waals surface area contributed by atoms with Crippen molar-refractivity contribution in [1.82, 2.24) is 9.62 Å². The average Bonchev–Trinajstić information content (AvgIpc) is 2.86. The van der Waals surface area contributed by atoms with E-state index >= 15 is 0 Å². The quantitative estimate of drug-likeness (QED) is 0.864. The molecule has 1 heterocycles. The van der Waals surface area contributed by atoms with Gasteiger partial charge in [-0.2, -0.15) is 0 Å². The SMILES string of the molecule is CN(C)c1cccc([C@H]2CCCN2CCNS(C)(=O)=O)c1. The molecule has 1 N–H and O–H groups in total. The zero-order valence-electron chi connectivity index (χ0n) is 13.0. The molecule has 6 heteroatoms. The van der Waals surface area contributed by atoms with Gasteiger partial charge in [0, 0.05) is 38.9 Å². The number of hydrogen-bond donors (Lipinski definition) is 1. The first-order valence-corrected chi connectivity index (χ1v) is 9.22. The fraction of sp³-hybridized carbons (Fsp3) is 0.600. The van der Waals surface area contributed by atoms with Crippen LogP contribution in [0.2, 0.25) is 0 Å². The van der Waals surface area contributed by atoms with Crippen LogP contribution in [0.15, 0.2) is 24.3 Å². The highest BCUT2D eigenvalue weighted by Crippen LogP contribution is 2.32. The molecule has 1 fully saturated rings. The lowest BCUT2D eigenvalue weighted by atomic mass is 10.0. The van der Waals surface area contributed by atoms with Crippen molar-refractivity contribution in [3.8, 4) is 0 Å². The maximum absolute atomic E-state index is 11.1. The van der Waals surface area contributed by atoms with Crippen LogP contribution in [0, 0.1) is 0 Å². The van der Waals surface area contributed by atoms with Gasteiger partial charge in [-0.1, -0.05) is 12.1 Å². The molecule has 1 aromatic rings. The summed E-state index contributed by atoms with van der Waals surface area (Å²) < 4.78 is 24.9. The Hall–Kier alpha value is -1.11. The lowest BCUT2D eigenvalue weighted by molar-refractivity contribution is 0.262. The van der Waals surface area contributed by atoms with Crippen molar-refractivity contribution in [3.63, 3.8) is 0 Å². The third-order valence-electron chi connectivity index (χ3n) is 3.90. The van der Waals surface area contributed by atoms with Crippen molar-refractivity contribution in [2.75, 3.05) is 44.9 Å². The largest absolute Gasteiger partial charge is 0.378 e. The number of nitrogens with zero attached hydrogens (tertiary/aromatic N) is 2. The lowest BCUT2D eigenvalue weighted by Gasteiger charge is -2.25. The predicted molar refractivity (Wildman–Crippen MR) is 87.2 cm³/mol. The van der Waals surface area contributed by atoms with Gasteiger partial charge in [0.1, 0.15) is 0 Å². The summed E-state index contributed by atoms with van der Waals surface area (Å²) in [6, 6.07) is 8.99. The van der Waals surface area contributed by atoms with Gasteiger partial charge in [0.05, 0.1) is 6.26 Å². The first kappa shape index (κ1) is 16.3. The first-order chi connectivity index (χ1) is 9.87. The molecular formula is C15H25N3O2S. The molecule has 0 unspecified atom stereocenters. The molecule has 0 bridgehead atoms. The number of likely N-dealkylation sites (tertiary alicyclic amines) is 1. The summed E-state index contributed by atoms with van der Waals surface area (Å²) in [5.41, 5.74) is 2.52. The monoisotopic (exact) mass is 311 g/mol. The Balaban J connectivity index is 2.03. The van der Waals surface area contributed by atoms with Crippen LogP contribution in [0.25, 0.3) is 0 Å². The zero-order chi connectivity index (χ0) is 15.5. The van der Waals surface area contributed by atoms with Gasteiger partial charge < -0.3 is 4.90 Å². The number of sulfonamides is 1. The molecule has 1 aliphatic heterocycles. The molecule has 0 spiro atoms. The van der Waals surface area contributed by atoms with E-state index in [1.54, 1.807) is 0 Å². The van der Waals surface area contributed by atoms with Gasteiger partial charge in [-0.05, 0) is 37.1 Å². The van der Waals surface area contributed by atoms with Crippen molar-refractivity contribution in [2.24, 2.45) is 0 Å². The fourth-order valence-corrected chi connectivity index (χ4v) is 3.32. The van der Waals surface area contributed by atoms with E-state index in [0.717, 1.165) is 25.9 Å². The van der Waals surface area contributed by atoms with Gasteiger partial charge in [-0.15, -0.1) is 0 Å². The van der Waals surface area contributed by atoms with Crippen molar-refractivity contribution in [2.45, 2.75) is 18.9 Å². The molecule has 0 amide bonds. The van der Waals surface area contributed by atoms with Gasteiger partial charge in [-0.25, -0.2) is 13.1 Å². The summed E-state index contributed by atoms with van der Waals surface area (Å²) >= 11 is 0. The second-order valence-corrected chi connectivity index (χ2v) is 7.68. The molecule has 21 heavy (non-hydrogen) atoms. The standard InChI is InChI=1S/C15H25N3O2S/c1-17(2)14-7-4-6-13(12-14)15-8-5-10-18(15)11-9-16-21(3,19)20/h4,6-7,12,15-16H,5,8-11H2,1-3H3/t15-/m1/s1. The summed E-state index contributed by atoms with van der Waals surface area (Å²) in [6.07, 6.45) is 3.50. The maximum atomic E-state index is 11.1. The maximum Gasteiger partial charge on any atom is 0.208 e. The van der Waals surface area contributed by atoms with Gasteiger partial charge in [0.2, 0.25) is 10.0 Å². The van der Waals surface area contributed by atoms with E-state index in [0.29, 0.717) is 12.6 Å². The molecule has 1 atom stereocenters. The normalized spacial score (nSPS) is 19.9. The summed E-state index contributed by atoms with van der Waals surface area (Å²) in [6.45, 7) is 2.26. The highest BCUT2D eigenvalue weighted by atomic mass is 32.2. The van der Waals surface area contributed by atoms with E-state index in [9.17, 15) is 8.42 Å². The van der Waals surface area contributed by atoms with Crippen molar-refractivity contribution in [1.29, 1.82) is 0 Å². The van der Waals surface area contributed by atoms with Crippen LogP contribution in [0.4, 0.5) is 5.69 Å². The Morgan fingerprint density at radius 2 is 2.14 bits per heavy atom. The minimum atomic E-state index is -3.10. The third-order valence-corrected chi connectivity index (χ3v) is 4.63. The van der Waals surface area contributed by atoms with Gasteiger partial charge in [0.15, 0.2) is 0 Å². The van der Waals surface area contributed by atoms with E-state index < -0.39 is 10.0 Å². The van der Waals surface area contributed by atoms with Crippen LogP contribution in [-0.4, -0.2) is 53.3 Å². The Morgan fingerprint density at radius 1 is 1.38 bits per heavy atom. The molecule has 1 saturated heterocycles. The molecular weight excluding hydrogens is 286 g/mol. The van der Waals surface area contributed by atoms with E-state index in [4.69, 9.17) is 0 Å². The number of anilines is 1. The summed E-state index contributed by atoms with van der Waals surface area (Å²) in [5, 5.41) is 0. The van der Waals surface area contributed by atoms with Gasteiger partial charge >= 0.3 is 0 Å². The zero-order valence-corrected chi connectivity index (χ0v) is 13.9. The van der Waals surface area contributed by atoms with Gasteiger partial charge in [-0.3, -0.25) is 4.90 Å². The second kappa shape index (κ2) is 6.77. The van der Waals surface area contributed by atoms with E-state index in [1.807, 2.05) is 14.1 Å². The highest BCUT2D eigenvalue weighted by molar-refractivity contribution is 7.88. The molecule has 118 valence electrons. The Morgan fingerprint density at radius 3 is 2.81 bits per heavy atom. The second-order valence-electron chi connectivity index (χ2n) is 5.85. The van der Waals surface area contributed by atoms with Crippen LogP contribution >= 0.6 is 0 Å². The fourth-order valence-electron chi connectivity index (χ4n) is 2.86. The van der Waals surface area contributed by atoms with Gasteiger partial charge in [0.25, 0.3) is 0 Å². The summed E-state index contributed by atoms with van der Waals surface area (Å²) in [7, 11) is 0.987. The minimum absolute atomic E-state index is 0.395.